The molecule has 0 unspecified atom stereocenters. The van der Waals surface area contributed by atoms with E-state index in [2.05, 4.69) is 205 Å². The minimum absolute atomic E-state index is 0.853. The number of furan rings is 1. The van der Waals surface area contributed by atoms with Gasteiger partial charge < -0.3 is 9.32 Å². The van der Waals surface area contributed by atoms with Gasteiger partial charge in [-0.05, 0) is 105 Å². The van der Waals surface area contributed by atoms with Gasteiger partial charge in [-0.3, -0.25) is 0 Å². The van der Waals surface area contributed by atoms with Crippen molar-refractivity contribution in [3.05, 3.63) is 206 Å². The lowest BCUT2D eigenvalue weighted by Crippen LogP contribution is -2.09. The smallest absolute Gasteiger partial charge is 0.137 e. The Balaban J connectivity index is 0.897. The Hall–Kier alpha value is -7.27. The molecule has 57 heavy (non-hydrogen) atoms. The summed E-state index contributed by atoms with van der Waals surface area (Å²) in [5.74, 6) is 0. The van der Waals surface area contributed by atoms with Gasteiger partial charge in [0.05, 0.1) is 10.2 Å². The van der Waals surface area contributed by atoms with Crippen LogP contribution in [0.3, 0.4) is 0 Å². The number of anilines is 3. The van der Waals surface area contributed by atoms with Crippen molar-refractivity contribution in [2.45, 2.75) is 0 Å². The Morgan fingerprint density at radius 1 is 0.368 bits per heavy atom. The largest absolute Gasteiger partial charge is 0.456 e. The summed E-state index contributed by atoms with van der Waals surface area (Å²) in [7, 11) is 0. The first-order chi connectivity index (χ1) is 28.2. The summed E-state index contributed by atoms with van der Waals surface area (Å²) in [6, 6.07) is 73.5. The highest BCUT2D eigenvalue weighted by Gasteiger charge is 2.16. The molecule has 9 aromatic carbocycles. The van der Waals surface area contributed by atoms with Gasteiger partial charge >= 0.3 is 0 Å². The third-order valence-corrected chi connectivity index (χ3v) is 12.0. The lowest BCUT2D eigenvalue weighted by molar-refractivity contribution is 0.669. The van der Waals surface area contributed by atoms with Gasteiger partial charge in [-0.2, -0.15) is 0 Å². The Kier molecular flexibility index (Phi) is 8.01. The first-order valence-electron chi connectivity index (χ1n) is 19.2. The van der Waals surface area contributed by atoms with E-state index in [1.54, 1.807) is 11.3 Å². The minimum Gasteiger partial charge on any atom is -0.456 e. The Bertz CT molecular complexity index is 3200. The molecule has 268 valence electrons. The first kappa shape index (κ1) is 33.1. The van der Waals surface area contributed by atoms with Gasteiger partial charge in [-0.15, -0.1) is 11.3 Å². The van der Waals surface area contributed by atoms with E-state index in [1.165, 1.54) is 33.0 Å². The summed E-state index contributed by atoms with van der Waals surface area (Å²) in [5, 5.41) is 5.72. The van der Waals surface area contributed by atoms with E-state index >= 15 is 0 Å². The Labute approximate surface area is 334 Å². The quantitative estimate of drug-likeness (QED) is 0.163. The van der Waals surface area contributed by atoms with Gasteiger partial charge in [0.1, 0.15) is 16.2 Å². The number of para-hydroxylation sites is 1. The maximum atomic E-state index is 6.39. The number of hydrogen-bond donors (Lipinski definition) is 0. The van der Waals surface area contributed by atoms with Gasteiger partial charge in [0.15, 0.2) is 0 Å². The molecule has 0 aliphatic rings. The van der Waals surface area contributed by atoms with E-state index in [0.717, 1.165) is 70.9 Å². The molecule has 0 radical (unpaired) electrons. The number of aromatic nitrogens is 1. The monoisotopic (exact) mass is 746 g/mol. The zero-order valence-corrected chi connectivity index (χ0v) is 31.7. The fraction of sp³-hybridized carbons (Fsp3) is 0. The summed E-state index contributed by atoms with van der Waals surface area (Å²) < 4.78 is 7.54. The molecule has 3 nitrogen and oxygen atoms in total. The Morgan fingerprint density at radius 3 is 1.60 bits per heavy atom. The molecule has 4 heteroatoms. The second-order valence-electron chi connectivity index (χ2n) is 14.4. The Morgan fingerprint density at radius 2 is 0.877 bits per heavy atom. The van der Waals surface area contributed by atoms with Gasteiger partial charge in [0, 0.05) is 39.5 Å². The zero-order chi connectivity index (χ0) is 37.7. The molecular formula is C53H34N2OS. The molecule has 0 aliphatic heterocycles. The lowest BCUT2D eigenvalue weighted by atomic mass is 10.0. The highest BCUT2D eigenvalue weighted by molar-refractivity contribution is 7.21. The summed E-state index contributed by atoms with van der Waals surface area (Å²) >= 11 is 1.72. The molecule has 0 atom stereocenters. The van der Waals surface area contributed by atoms with Gasteiger partial charge in [0.25, 0.3) is 0 Å². The predicted molar refractivity (Wildman–Crippen MR) is 241 cm³/mol. The van der Waals surface area contributed by atoms with E-state index in [4.69, 9.17) is 9.40 Å². The summed E-state index contributed by atoms with van der Waals surface area (Å²) in [6.45, 7) is 0. The molecule has 0 amide bonds. The van der Waals surface area contributed by atoms with Crippen LogP contribution in [0.1, 0.15) is 0 Å². The van der Waals surface area contributed by atoms with Crippen LogP contribution in [0.25, 0.3) is 86.9 Å². The van der Waals surface area contributed by atoms with Crippen molar-refractivity contribution in [3.8, 4) is 44.0 Å². The van der Waals surface area contributed by atoms with Gasteiger partial charge in [-0.25, -0.2) is 4.98 Å². The van der Waals surface area contributed by atoms with Crippen molar-refractivity contribution >= 4 is 71.3 Å². The lowest BCUT2D eigenvalue weighted by Gasteiger charge is -2.26. The summed E-state index contributed by atoms with van der Waals surface area (Å²) in [5.41, 5.74) is 14.2. The molecule has 0 spiro atoms. The number of fused-ring (bicyclic) bond motifs is 5. The maximum absolute atomic E-state index is 6.39. The van der Waals surface area contributed by atoms with Gasteiger partial charge in [0.2, 0.25) is 0 Å². The van der Waals surface area contributed by atoms with Crippen LogP contribution < -0.4 is 4.90 Å². The first-order valence-corrected chi connectivity index (χ1v) is 20.0. The minimum atomic E-state index is 0.853. The van der Waals surface area contributed by atoms with E-state index in [1.807, 2.05) is 6.07 Å². The SMILES string of the molecule is c1ccc(-c2ccc(-c3nc4cc5oc6ccc(-c7ccc(N(c8ccccc8)c8ccc(-c9ccc%10ccccc%10c9)cc8)cc7)cc6c5cc4s3)cc2)cc1. The molecule has 0 saturated carbocycles. The van der Waals surface area contributed by atoms with Crippen molar-refractivity contribution in [3.63, 3.8) is 0 Å². The van der Waals surface area contributed by atoms with Gasteiger partial charge in [-0.1, -0.05) is 140 Å². The maximum Gasteiger partial charge on any atom is 0.137 e. The molecule has 0 N–H and O–H groups in total. The van der Waals surface area contributed by atoms with Crippen molar-refractivity contribution in [1.82, 2.24) is 4.98 Å². The predicted octanol–water partition coefficient (Wildman–Crippen LogP) is 15.5. The molecule has 0 saturated heterocycles. The third-order valence-electron chi connectivity index (χ3n) is 10.9. The highest BCUT2D eigenvalue weighted by atomic mass is 32.1. The molecule has 11 rings (SSSR count). The van der Waals surface area contributed by atoms with E-state index in [-0.39, 0.29) is 0 Å². The molecule has 2 aromatic heterocycles. The zero-order valence-electron chi connectivity index (χ0n) is 30.8. The van der Waals surface area contributed by atoms with Crippen molar-refractivity contribution in [2.75, 3.05) is 4.90 Å². The fourth-order valence-electron chi connectivity index (χ4n) is 7.94. The second-order valence-corrected chi connectivity index (χ2v) is 15.4. The molecule has 2 heterocycles. The van der Waals surface area contributed by atoms with E-state index in [0.29, 0.717) is 0 Å². The van der Waals surface area contributed by atoms with Crippen molar-refractivity contribution < 1.29 is 4.42 Å². The number of hydrogen-bond acceptors (Lipinski definition) is 4. The number of benzene rings is 9. The van der Waals surface area contributed by atoms with Crippen LogP contribution in [0.2, 0.25) is 0 Å². The standard InChI is InChI=1S/C53H34N2OS/c1-3-9-35(10-4-1)37-15-18-40(19-16-37)53-54-49-34-51-48(33-52(49)57-53)47-32-43(25-30-50(47)56-51)39-23-28-46(29-24-39)55(44-13-5-2-6-14-44)45-26-21-38(22-27-45)42-20-17-36-11-7-8-12-41(36)31-42/h1-34H. The average Bonchev–Trinajstić information content (AvgIpc) is 3.87. The summed E-state index contributed by atoms with van der Waals surface area (Å²) in [6.07, 6.45) is 0. The van der Waals surface area contributed by atoms with Crippen LogP contribution in [0.5, 0.6) is 0 Å². The molecule has 0 aliphatic carbocycles. The van der Waals surface area contributed by atoms with Crippen LogP contribution in [0, 0.1) is 0 Å². The topological polar surface area (TPSA) is 29.3 Å². The fourth-order valence-corrected chi connectivity index (χ4v) is 8.93. The summed E-state index contributed by atoms with van der Waals surface area (Å²) in [4.78, 5) is 7.33. The molecule has 0 fully saturated rings. The van der Waals surface area contributed by atoms with Crippen LogP contribution in [0.4, 0.5) is 17.1 Å². The number of thiazole rings is 1. The molecule has 11 aromatic rings. The third kappa shape index (κ3) is 6.13. The highest BCUT2D eigenvalue weighted by Crippen LogP contribution is 2.40. The van der Waals surface area contributed by atoms with Crippen LogP contribution in [-0.2, 0) is 0 Å². The van der Waals surface area contributed by atoms with Crippen LogP contribution >= 0.6 is 11.3 Å². The van der Waals surface area contributed by atoms with Crippen molar-refractivity contribution in [1.29, 1.82) is 0 Å². The van der Waals surface area contributed by atoms with Crippen molar-refractivity contribution in [2.24, 2.45) is 0 Å². The van der Waals surface area contributed by atoms with E-state index < -0.39 is 0 Å². The van der Waals surface area contributed by atoms with E-state index in [9.17, 15) is 0 Å². The molecular weight excluding hydrogens is 713 g/mol. The number of rotatable bonds is 7. The van der Waals surface area contributed by atoms with Crippen LogP contribution in [-0.4, -0.2) is 4.98 Å². The average molecular weight is 747 g/mol. The van der Waals surface area contributed by atoms with Crippen LogP contribution in [0.15, 0.2) is 211 Å². The normalized spacial score (nSPS) is 11.5. The second kappa shape index (κ2) is 13.8. The molecule has 0 bridgehead atoms. The number of nitrogens with zero attached hydrogens (tertiary/aromatic N) is 2.